The number of hydrazone groups is 1. The minimum atomic E-state index is -1.40. The molecule has 150 valence electrons. The third-order valence-electron chi connectivity index (χ3n) is 4.91. The van der Waals surface area contributed by atoms with E-state index in [2.05, 4.69) is 10.4 Å². The highest BCUT2D eigenvalue weighted by atomic mass is 19.1. The molecule has 7 heteroatoms. The van der Waals surface area contributed by atoms with Gasteiger partial charge in [0.25, 0.3) is 5.91 Å². The van der Waals surface area contributed by atoms with Gasteiger partial charge in [-0.3, -0.25) is 4.79 Å². The monoisotopic (exact) mass is 403 g/mol. The third-order valence-corrected chi connectivity index (χ3v) is 4.91. The Hall–Kier alpha value is -4.00. The molecule has 30 heavy (non-hydrogen) atoms. The smallest absolute Gasteiger partial charge is 0.346 e. The van der Waals surface area contributed by atoms with E-state index >= 15 is 0 Å². The van der Waals surface area contributed by atoms with Crippen molar-refractivity contribution in [1.82, 2.24) is 10.3 Å². The quantitative estimate of drug-likeness (QED) is 0.522. The Labute approximate surface area is 172 Å². The van der Waals surface area contributed by atoms with Gasteiger partial charge in [-0.1, -0.05) is 60.7 Å². The molecule has 3 amide bonds. The second-order valence-corrected chi connectivity index (χ2v) is 6.67. The largest absolute Gasteiger partial charge is 0.494 e. The number of nitrogens with one attached hydrogen (secondary N) is 1. The summed E-state index contributed by atoms with van der Waals surface area (Å²) in [5.41, 5.74) is 0.207. The number of ether oxygens (including phenoxy) is 1. The molecule has 1 fully saturated rings. The zero-order valence-corrected chi connectivity index (χ0v) is 16.1. The Kier molecular flexibility index (Phi) is 5.02. The first kappa shape index (κ1) is 19.3. The highest BCUT2D eigenvalue weighted by Gasteiger charge is 2.54. The normalized spacial score (nSPS) is 15.5. The molecule has 4 rings (SSSR count). The number of amides is 3. The summed E-state index contributed by atoms with van der Waals surface area (Å²) in [5.74, 6) is -1.02. The van der Waals surface area contributed by atoms with Crippen LogP contribution in [0, 0.1) is 5.82 Å². The van der Waals surface area contributed by atoms with Crippen molar-refractivity contribution in [2.75, 3.05) is 7.11 Å². The van der Waals surface area contributed by atoms with Crippen molar-refractivity contribution in [1.29, 1.82) is 0 Å². The van der Waals surface area contributed by atoms with Gasteiger partial charge in [0.2, 0.25) is 0 Å². The van der Waals surface area contributed by atoms with Crippen molar-refractivity contribution in [2.45, 2.75) is 5.54 Å². The zero-order valence-electron chi connectivity index (χ0n) is 16.1. The molecule has 1 N–H and O–H groups in total. The summed E-state index contributed by atoms with van der Waals surface area (Å²) < 4.78 is 18.8. The van der Waals surface area contributed by atoms with Crippen LogP contribution in [-0.4, -0.2) is 30.3 Å². The van der Waals surface area contributed by atoms with Gasteiger partial charge >= 0.3 is 6.03 Å². The van der Waals surface area contributed by atoms with Crippen LogP contribution in [0.2, 0.25) is 0 Å². The summed E-state index contributed by atoms with van der Waals surface area (Å²) in [5, 5.41) is 7.60. The molecule has 0 aromatic heterocycles. The SMILES string of the molecule is COc1ccc(/C=N\N2C(=O)NC(c3ccccc3)(c3ccccc3)C2=O)cc1F. The number of urea groups is 1. The second-order valence-electron chi connectivity index (χ2n) is 6.67. The first-order valence-electron chi connectivity index (χ1n) is 9.21. The van der Waals surface area contributed by atoms with Gasteiger partial charge in [0.1, 0.15) is 0 Å². The van der Waals surface area contributed by atoms with Crippen molar-refractivity contribution >= 4 is 18.2 Å². The molecule has 0 spiro atoms. The average molecular weight is 403 g/mol. The maximum atomic E-state index is 13.9. The van der Waals surface area contributed by atoms with Crippen molar-refractivity contribution in [3.8, 4) is 5.75 Å². The molecule has 1 heterocycles. The molecule has 3 aromatic carbocycles. The maximum absolute atomic E-state index is 13.9. The van der Waals surface area contributed by atoms with Crippen molar-refractivity contribution in [2.24, 2.45) is 5.10 Å². The molecular weight excluding hydrogens is 385 g/mol. The van der Waals surface area contributed by atoms with Crippen LogP contribution in [0.3, 0.4) is 0 Å². The van der Waals surface area contributed by atoms with E-state index in [1.807, 2.05) is 12.1 Å². The molecular formula is C23H18FN3O3. The van der Waals surface area contributed by atoms with Gasteiger partial charge in [0, 0.05) is 0 Å². The van der Waals surface area contributed by atoms with Gasteiger partial charge in [0.15, 0.2) is 17.1 Å². The number of halogens is 1. The molecule has 0 aliphatic carbocycles. The number of nitrogens with zero attached hydrogens (tertiary/aromatic N) is 2. The fraction of sp³-hybridized carbons (Fsp3) is 0.0870. The molecule has 0 atom stereocenters. The van der Waals surface area contributed by atoms with Gasteiger partial charge in [-0.2, -0.15) is 5.10 Å². The number of hydrogen-bond acceptors (Lipinski definition) is 4. The molecule has 0 saturated carbocycles. The summed E-state index contributed by atoms with van der Waals surface area (Å²) in [4.78, 5) is 26.2. The minimum absolute atomic E-state index is 0.0920. The van der Waals surface area contributed by atoms with E-state index in [0.29, 0.717) is 16.7 Å². The van der Waals surface area contributed by atoms with Crippen LogP contribution in [0.4, 0.5) is 9.18 Å². The first-order chi connectivity index (χ1) is 14.6. The van der Waals surface area contributed by atoms with E-state index in [4.69, 9.17) is 4.74 Å². The number of carbonyl (C=O) groups is 2. The molecule has 0 bridgehead atoms. The predicted molar refractivity (Wildman–Crippen MR) is 110 cm³/mol. The van der Waals surface area contributed by atoms with E-state index in [1.165, 1.54) is 25.5 Å². The van der Waals surface area contributed by atoms with Gasteiger partial charge in [-0.05, 0) is 34.9 Å². The Bertz CT molecular complexity index is 1080. The Morgan fingerprint density at radius 3 is 2.10 bits per heavy atom. The second kappa shape index (κ2) is 7.79. The maximum Gasteiger partial charge on any atom is 0.346 e. The van der Waals surface area contributed by atoms with Crippen LogP contribution in [0.1, 0.15) is 16.7 Å². The van der Waals surface area contributed by atoms with Gasteiger partial charge < -0.3 is 10.1 Å². The minimum Gasteiger partial charge on any atom is -0.494 e. The number of benzene rings is 3. The lowest BCUT2D eigenvalue weighted by molar-refractivity contribution is -0.130. The van der Waals surface area contributed by atoms with Crippen LogP contribution < -0.4 is 10.1 Å². The summed E-state index contributed by atoms with van der Waals surface area (Å²) in [6.45, 7) is 0. The van der Waals surface area contributed by atoms with Crippen LogP contribution in [0.25, 0.3) is 0 Å². The topological polar surface area (TPSA) is 71.0 Å². The molecule has 1 saturated heterocycles. The van der Waals surface area contributed by atoms with Crippen molar-refractivity contribution < 1.29 is 18.7 Å². The summed E-state index contributed by atoms with van der Waals surface area (Å²) in [6, 6.07) is 21.5. The fourth-order valence-corrected chi connectivity index (χ4v) is 3.44. The van der Waals surface area contributed by atoms with E-state index < -0.39 is 23.3 Å². The average Bonchev–Trinajstić information content (AvgIpc) is 3.04. The summed E-state index contributed by atoms with van der Waals surface area (Å²) >= 11 is 0. The van der Waals surface area contributed by atoms with Crippen LogP contribution >= 0.6 is 0 Å². The Morgan fingerprint density at radius 2 is 1.57 bits per heavy atom. The number of methoxy groups -OCH3 is 1. The van der Waals surface area contributed by atoms with Crippen LogP contribution in [0.15, 0.2) is 84.0 Å². The molecule has 6 nitrogen and oxygen atoms in total. The van der Waals surface area contributed by atoms with Crippen LogP contribution in [-0.2, 0) is 10.3 Å². The number of imide groups is 1. The molecule has 1 aliphatic rings. The zero-order chi connectivity index (χ0) is 21.1. The molecule has 0 unspecified atom stereocenters. The number of hydrogen-bond donors (Lipinski definition) is 1. The van der Waals surface area contributed by atoms with E-state index in [9.17, 15) is 14.0 Å². The van der Waals surface area contributed by atoms with Crippen LogP contribution in [0.5, 0.6) is 5.75 Å². The van der Waals surface area contributed by atoms with Crippen molar-refractivity contribution in [3.63, 3.8) is 0 Å². The summed E-state index contributed by atoms with van der Waals surface area (Å²) in [7, 11) is 1.37. The lowest BCUT2D eigenvalue weighted by Gasteiger charge is -2.27. The first-order valence-corrected chi connectivity index (χ1v) is 9.21. The van der Waals surface area contributed by atoms with E-state index in [1.54, 1.807) is 54.6 Å². The molecule has 0 radical (unpaired) electrons. The predicted octanol–water partition coefficient (Wildman–Crippen LogP) is 3.66. The van der Waals surface area contributed by atoms with Crippen molar-refractivity contribution in [3.05, 3.63) is 101 Å². The van der Waals surface area contributed by atoms with E-state index in [0.717, 1.165) is 5.01 Å². The third kappa shape index (κ3) is 3.20. The Morgan fingerprint density at radius 1 is 0.967 bits per heavy atom. The molecule has 1 aliphatic heterocycles. The lowest BCUT2D eigenvalue weighted by Crippen LogP contribution is -2.44. The van der Waals surface area contributed by atoms with E-state index in [-0.39, 0.29) is 5.75 Å². The lowest BCUT2D eigenvalue weighted by atomic mass is 9.83. The van der Waals surface area contributed by atoms with Gasteiger partial charge in [0.05, 0.1) is 13.3 Å². The molecule has 3 aromatic rings. The fourth-order valence-electron chi connectivity index (χ4n) is 3.44. The Balaban J connectivity index is 1.73. The number of carbonyl (C=O) groups excluding carboxylic acids is 2. The van der Waals surface area contributed by atoms with Gasteiger partial charge in [-0.15, -0.1) is 5.01 Å². The standard InChI is InChI=1S/C23H18FN3O3/c1-30-20-13-12-16(14-19(20)24)15-25-27-21(28)23(26-22(27)29,17-8-4-2-5-9-17)18-10-6-3-7-11-18/h2-15H,1H3,(H,26,29)/b25-15-. The highest BCUT2D eigenvalue weighted by molar-refractivity contribution is 6.09. The number of rotatable bonds is 5. The van der Waals surface area contributed by atoms with Gasteiger partial charge in [-0.25, -0.2) is 9.18 Å². The highest BCUT2D eigenvalue weighted by Crippen LogP contribution is 2.36. The summed E-state index contributed by atoms with van der Waals surface area (Å²) in [6.07, 6.45) is 1.26.